The van der Waals surface area contributed by atoms with Gasteiger partial charge in [0.05, 0.1) is 17.8 Å². The fourth-order valence-corrected chi connectivity index (χ4v) is 3.37. The molecule has 0 atom stereocenters. The Hall–Kier alpha value is -2.36. The topological polar surface area (TPSA) is 85.6 Å². The Bertz CT molecular complexity index is 874. The SMILES string of the molecule is CC1CC(C#N)(Cn2c(=O)c3c(ncn3C)n(C)c2=O)C1. The highest BCUT2D eigenvalue weighted by atomic mass is 16.2. The van der Waals surface area contributed by atoms with E-state index < -0.39 is 11.1 Å². The summed E-state index contributed by atoms with van der Waals surface area (Å²) in [4.78, 5) is 29.1. The molecule has 0 unspecified atom stereocenters. The molecule has 1 aliphatic carbocycles. The van der Waals surface area contributed by atoms with Gasteiger partial charge in [-0.15, -0.1) is 0 Å². The van der Waals surface area contributed by atoms with Crippen molar-refractivity contribution in [2.24, 2.45) is 25.4 Å². The van der Waals surface area contributed by atoms with E-state index >= 15 is 0 Å². The highest BCUT2D eigenvalue weighted by molar-refractivity contribution is 5.69. The van der Waals surface area contributed by atoms with Gasteiger partial charge in [-0.25, -0.2) is 9.78 Å². The standard InChI is InChI=1S/C14H17N5O2/c1-9-4-14(5-9,6-15)7-19-12(20)10-11(16-8-17(10)2)18(3)13(19)21/h8-9H,4-5,7H2,1-3H3. The van der Waals surface area contributed by atoms with Gasteiger partial charge in [0.1, 0.15) is 0 Å². The number of imidazole rings is 1. The molecule has 110 valence electrons. The minimum absolute atomic E-state index is 0.153. The molecule has 1 saturated carbocycles. The maximum Gasteiger partial charge on any atom is 0.332 e. The predicted octanol–water partition coefficient (Wildman–Crippen LogP) is 0.374. The van der Waals surface area contributed by atoms with E-state index in [1.807, 2.05) is 0 Å². The van der Waals surface area contributed by atoms with Crippen LogP contribution in [0, 0.1) is 22.7 Å². The zero-order chi connectivity index (χ0) is 15.4. The molecule has 0 radical (unpaired) electrons. The van der Waals surface area contributed by atoms with Crippen molar-refractivity contribution >= 4 is 11.2 Å². The average molecular weight is 287 g/mol. The zero-order valence-corrected chi connectivity index (χ0v) is 12.3. The summed E-state index contributed by atoms with van der Waals surface area (Å²) >= 11 is 0. The second-order valence-electron chi connectivity index (χ2n) is 6.17. The third kappa shape index (κ3) is 1.82. The molecule has 0 aliphatic heterocycles. The fraction of sp³-hybridized carbons (Fsp3) is 0.571. The van der Waals surface area contributed by atoms with Crippen molar-refractivity contribution in [1.29, 1.82) is 5.26 Å². The first-order chi connectivity index (χ1) is 9.88. The van der Waals surface area contributed by atoms with E-state index in [4.69, 9.17) is 0 Å². The van der Waals surface area contributed by atoms with E-state index in [1.165, 1.54) is 15.5 Å². The molecule has 2 aromatic heterocycles. The lowest BCUT2D eigenvalue weighted by Crippen LogP contribution is -2.47. The van der Waals surface area contributed by atoms with Gasteiger partial charge < -0.3 is 4.57 Å². The lowest BCUT2D eigenvalue weighted by atomic mass is 9.63. The molecule has 2 aromatic rings. The third-order valence-corrected chi connectivity index (χ3v) is 4.38. The number of rotatable bonds is 2. The molecule has 7 nitrogen and oxygen atoms in total. The van der Waals surface area contributed by atoms with Gasteiger partial charge in [-0.05, 0) is 18.8 Å². The van der Waals surface area contributed by atoms with Crippen LogP contribution in [0.1, 0.15) is 19.8 Å². The van der Waals surface area contributed by atoms with E-state index in [1.54, 1.807) is 18.7 Å². The Morgan fingerprint density at radius 2 is 2.10 bits per heavy atom. The van der Waals surface area contributed by atoms with Gasteiger partial charge in [-0.3, -0.25) is 13.9 Å². The summed E-state index contributed by atoms with van der Waals surface area (Å²) in [6.45, 7) is 2.22. The van der Waals surface area contributed by atoms with Gasteiger partial charge >= 0.3 is 5.69 Å². The second-order valence-corrected chi connectivity index (χ2v) is 6.17. The summed E-state index contributed by atoms with van der Waals surface area (Å²) in [6, 6.07) is 2.29. The molecular formula is C14H17N5O2. The highest BCUT2D eigenvalue weighted by Gasteiger charge is 2.43. The molecule has 0 spiro atoms. The number of hydrogen-bond donors (Lipinski definition) is 0. The molecule has 0 saturated heterocycles. The molecule has 2 heterocycles. The van der Waals surface area contributed by atoms with Gasteiger partial charge in [0.25, 0.3) is 5.56 Å². The number of nitrogens with zero attached hydrogens (tertiary/aromatic N) is 5. The van der Waals surface area contributed by atoms with Crippen LogP contribution in [0.4, 0.5) is 0 Å². The molecule has 21 heavy (non-hydrogen) atoms. The number of aryl methyl sites for hydroxylation is 2. The van der Waals surface area contributed by atoms with Crippen LogP contribution >= 0.6 is 0 Å². The Morgan fingerprint density at radius 1 is 1.43 bits per heavy atom. The quantitative estimate of drug-likeness (QED) is 0.798. The first-order valence-electron chi connectivity index (χ1n) is 6.91. The lowest BCUT2D eigenvalue weighted by molar-refractivity contribution is 0.105. The van der Waals surface area contributed by atoms with E-state index in [0.29, 0.717) is 17.1 Å². The third-order valence-electron chi connectivity index (χ3n) is 4.38. The van der Waals surface area contributed by atoms with Crippen molar-refractivity contribution in [2.45, 2.75) is 26.3 Å². The molecule has 1 fully saturated rings. The minimum atomic E-state index is -0.596. The van der Waals surface area contributed by atoms with Crippen LogP contribution in [0.25, 0.3) is 11.2 Å². The first-order valence-corrected chi connectivity index (χ1v) is 6.91. The summed E-state index contributed by atoms with van der Waals surface area (Å²) in [5.41, 5.74) is -0.626. The number of nitriles is 1. The Morgan fingerprint density at radius 3 is 2.67 bits per heavy atom. The maximum atomic E-state index is 12.6. The lowest BCUT2D eigenvalue weighted by Gasteiger charge is -2.40. The van der Waals surface area contributed by atoms with E-state index in [9.17, 15) is 14.9 Å². The minimum Gasteiger partial charge on any atom is -0.328 e. The molecule has 0 aromatic carbocycles. The first kappa shape index (κ1) is 13.6. The van der Waals surface area contributed by atoms with Crippen molar-refractivity contribution in [3.63, 3.8) is 0 Å². The van der Waals surface area contributed by atoms with E-state index in [2.05, 4.69) is 18.0 Å². The Kier molecular flexibility index (Phi) is 2.80. The molecule has 0 N–H and O–H groups in total. The number of hydrogen-bond acceptors (Lipinski definition) is 4. The summed E-state index contributed by atoms with van der Waals surface area (Å²) in [5.74, 6) is 0.463. The Balaban J connectivity index is 2.20. The molecular weight excluding hydrogens is 270 g/mol. The Labute approximate surface area is 121 Å². The van der Waals surface area contributed by atoms with Crippen LogP contribution in [-0.2, 0) is 20.6 Å². The van der Waals surface area contributed by atoms with Crippen LogP contribution in [0.3, 0.4) is 0 Å². The van der Waals surface area contributed by atoms with E-state index in [0.717, 1.165) is 12.8 Å². The molecule has 3 rings (SSSR count). The average Bonchev–Trinajstić information content (AvgIpc) is 2.80. The fourth-order valence-electron chi connectivity index (χ4n) is 3.37. The number of aromatic nitrogens is 4. The highest BCUT2D eigenvalue weighted by Crippen LogP contribution is 2.45. The molecule has 1 aliphatic rings. The van der Waals surface area contributed by atoms with Gasteiger partial charge in [-0.1, -0.05) is 6.92 Å². The molecule has 7 heteroatoms. The van der Waals surface area contributed by atoms with Gasteiger partial charge in [0.15, 0.2) is 11.2 Å². The van der Waals surface area contributed by atoms with E-state index in [-0.39, 0.29) is 12.1 Å². The van der Waals surface area contributed by atoms with Crippen LogP contribution < -0.4 is 11.2 Å². The van der Waals surface area contributed by atoms with Gasteiger partial charge in [-0.2, -0.15) is 5.26 Å². The largest absolute Gasteiger partial charge is 0.332 e. The van der Waals surface area contributed by atoms with Crippen LogP contribution in [0.5, 0.6) is 0 Å². The van der Waals surface area contributed by atoms with Crippen molar-refractivity contribution in [3.05, 3.63) is 27.2 Å². The second kappa shape index (κ2) is 4.32. The van der Waals surface area contributed by atoms with Crippen molar-refractivity contribution in [2.75, 3.05) is 0 Å². The van der Waals surface area contributed by atoms with Crippen LogP contribution in [0.15, 0.2) is 15.9 Å². The normalized spacial score (nSPS) is 24.8. The monoisotopic (exact) mass is 287 g/mol. The smallest absolute Gasteiger partial charge is 0.328 e. The molecule has 0 bridgehead atoms. The van der Waals surface area contributed by atoms with Crippen molar-refractivity contribution in [1.82, 2.24) is 18.7 Å². The van der Waals surface area contributed by atoms with Crippen LogP contribution in [0.2, 0.25) is 0 Å². The van der Waals surface area contributed by atoms with Crippen LogP contribution in [-0.4, -0.2) is 18.7 Å². The van der Waals surface area contributed by atoms with Crippen molar-refractivity contribution in [3.8, 4) is 6.07 Å². The summed E-state index contributed by atoms with van der Waals surface area (Å²) < 4.78 is 4.15. The zero-order valence-electron chi connectivity index (χ0n) is 12.3. The summed E-state index contributed by atoms with van der Waals surface area (Å²) in [7, 11) is 3.31. The van der Waals surface area contributed by atoms with Gasteiger partial charge in [0, 0.05) is 20.6 Å². The van der Waals surface area contributed by atoms with Gasteiger partial charge in [0.2, 0.25) is 0 Å². The molecule has 0 amide bonds. The maximum absolute atomic E-state index is 12.6. The number of fused-ring (bicyclic) bond motifs is 1. The summed E-state index contributed by atoms with van der Waals surface area (Å²) in [6.07, 6.45) is 2.96. The summed E-state index contributed by atoms with van der Waals surface area (Å²) in [5, 5.41) is 9.40. The predicted molar refractivity (Wildman–Crippen MR) is 76.7 cm³/mol. The van der Waals surface area contributed by atoms with Crippen molar-refractivity contribution < 1.29 is 0 Å².